The minimum atomic E-state index is -2.32. The molecule has 1 N–H and O–H groups in total. The molecule has 234 valence electrons. The molecule has 1 saturated heterocycles. The summed E-state index contributed by atoms with van der Waals surface area (Å²) >= 11 is 3.61. The first-order valence-corrected chi connectivity index (χ1v) is 24.1. The van der Waals surface area contributed by atoms with Crippen molar-refractivity contribution >= 4 is 52.0 Å². The fraction of sp³-hybridized carbons (Fsp3) is 0.821. The van der Waals surface area contributed by atoms with Crippen molar-refractivity contribution in [2.75, 3.05) is 6.61 Å². The number of ether oxygens (including phenoxy) is 1. The van der Waals surface area contributed by atoms with Crippen LogP contribution in [0.2, 0.25) is 54.4 Å². The highest BCUT2D eigenvalue weighted by atomic mass is 79.9. The fourth-order valence-corrected chi connectivity index (χ4v) is 8.14. The standard InChI is InChI=1S/C28H53BrN4O5Si3/c1-26(2,3)39(10,11)35-16-18-20(37-40(12,13)27(4,5)6)21(38-41(14,15)28(7,8)9)24(36-18)33-22-19(32-25(33)29)23(34)31-17-30-22/h17-18,20-21,24H,16H2,1-15H3,(H,30,31,34)/t18-,20-,21-,24-/m1/s1. The lowest BCUT2D eigenvalue weighted by atomic mass is 10.1. The molecule has 0 unspecified atom stereocenters. The number of rotatable bonds is 8. The molecule has 3 heterocycles. The lowest BCUT2D eigenvalue weighted by molar-refractivity contribution is -0.0480. The number of hydrogen-bond acceptors (Lipinski definition) is 7. The molecule has 0 amide bonds. The summed E-state index contributed by atoms with van der Waals surface area (Å²) in [5, 5.41) is -0.0145. The molecule has 0 bridgehead atoms. The van der Waals surface area contributed by atoms with E-state index in [1.807, 2.05) is 4.57 Å². The summed E-state index contributed by atoms with van der Waals surface area (Å²) in [6, 6.07) is 0. The number of H-pyrrole nitrogens is 1. The summed E-state index contributed by atoms with van der Waals surface area (Å²) in [6.07, 6.45) is -0.459. The Balaban J connectivity index is 2.20. The Labute approximate surface area is 258 Å². The van der Waals surface area contributed by atoms with Crippen LogP contribution in [0.15, 0.2) is 15.9 Å². The van der Waals surface area contributed by atoms with E-state index < -0.39 is 37.3 Å². The molecule has 0 saturated carbocycles. The van der Waals surface area contributed by atoms with Gasteiger partial charge in [0.1, 0.15) is 18.3 Å². The van der Waals surface area contributed by atoms with Gasteiger partial charge in [0.25, 0.3) is 5.56 Å². The van der Waals surface area contributed by atoms with Gasteiger partial charge in [-0.25, -0.2) is 9.97 Å². The Morgan fingerprint density at radius 1 is 0.878 bits per heavy atom. The average molecular weight is 690 g/mol. The van der Waals surface area contributed by atoms with E-state index in [0.29, 0.717) is 17.0 Å². The zero-order valence-corrected chi connectivity index (χ0v) is 32.4. The van der Waals surface area contributed by atoms with Gasteiger partial charge in [0.15, 0.2) is 47.1 Å². The summed E-state index contributed by atoms with van der Waals surface area (Å²) in [5.74, 6) is 0. The van der Waals surface area contributed by atoms with E-state index in [1.165, 1.54) is 6.33 Å². The molecule has 2 aromatic heterocycles. The Morgan fingerprint density at radius 2 is 1.37 bits per heavy atom. The maximum absolute atomic E-state index is 12.6. The second-order valence-corrected chi connectivity index (χ2v) is 31.0. The van der Waals surface area contributed by atoms with Gasteiger partial charge in [0, 0.05) is 0 Å². The number of imidazole rings is 1. The maximum atomic E-state index is 12.6. The quantitative estimate of drug-likeness (QED) is 0.225. The van der Waals surface area contributed by atoms with Gasteiger partial charge in [-0.15, -0.1) is 0 Å². The zero-order chi connectivity index (χ0) is 31.6. The third-order valence-corrected chi connectivity index (χ3v) is 23.9. The average Bonchev–Trinajstić information content (AvgIpc) is 3.27. The van der Waals surface area contributed by atoms with E-state index in [9.17, 15) is 4.79 Å². The highest BCUT2D eigenvalue weighted by Gasteiger charge is 2.55. The molecule has 0 aliphatic carbocycles. The predicted molar refractivity (Wildman–Crippen MR) is 177 cm³/mol. The van der Waals surface area contributed by atoms with Gasteiger partial charge in [-0.2, -0.15) is 0 Å². The van der Waals surface area contributed by atoms with Crippen LogP contribution >= 0.6 is 15.9 Å². The molecule has 1 aliphatic rings. The molecular weight excluding hydrogens is 636 g/mol. The number of halogens is 1. The molecular formula is C28H53BrN4O5Si3. The highest BCUT2D eigenvalue weighted by Crippen LogP contribution is 2.47. The Bertz CT molecular complexity index is 1290. The topological polar surface area (TPSA) is 100 Å². The predicted octanol–water partition coefficient (Wildman–Crippen LogP) is 7.58. The Kier molecular flexibility index (Phi) is 9.64. The van der Waals surface area contributed by atoms with Crippen LogP contribution in [0.5, 0.6) is 0 Å². The Hall–Kier alpha value is -0.679. The normalized spacial score (nSPS) is 23.5. The second-order valence-electron chi connectivity index (χ2n) is 16.0. The summed E-state index contributed by atoms with van der Waals surface area (Å²) in [5.41, 5.74) is 0.379. The third kappa shape index (κ3) is 7.02. The molecule has 13 heteroatoms. The smallest absolute Gasteiger partial charge is 0.278 e. The van der Waals surface area contributed by atoms with E-state index >= 15 is 0 Å². The van der Waals surface area contributed by atoms with Crippen LogP contribution in [0, 0.1) is 0 Å². The van der Waals surface area contributed by atoms with Gasteiger partial charge in [0.2, 0.25) is 0 Å². The van der Waals surface area contributed by atoms with Gasteiger partial charge in [-0.3, -0.25) is 9.36 Å². The van der Waals surface area contributed by atoms with Gasteiger partial charge >= 0.3 is 0 Å². The van der Waals surface area contributed by atoms with Crippen LogP contribution in [0.25, 0.3) is 11.2 Å². The second kappa shape index (κ2) is 11.4. The van der Waals surface area contributed by atoms with Gasteiger partial charge in [-0.1, -0.05) is 62.3 Å². The molecule has 1 aliphatic heterocycles. The van der Waals surface area contributed by atoms with Crippen LogP contribution in [0.4, 0.5) is 0 Å². The minimum absolute atomic E-state index is 0.0193. The number of aromatic amines is 1. The highest BCUT2D eigenvalue weighted by molar-refractivity contribution is 9.10. The maximum Gasteiger partial charge on any atom is 0.278 e. The van der Waals surface area contributed by atoms with Crippen LogP contribution < -0.4 is 5.56 Å². The molecule has 4 atom stereocenters. The van der Waals surface area contributed by atoms with Gasteiger partial charge in [-0.05, 0) is 70.3 Å². The minimum Gasteiger partial charge on any atom is -0.414 e. The first kappa shape index (κ1) is 34.8. The van der Waals surface area contributed by atoms with Crippen LogP contribution in [-0.4, -0.2) is 69.4 Å². The van der Waals surface area contributed by atoms with Crippen molar-refractivity contribution in [2.24, 2.45) is 0 Å². The molecule has 1 fully saturated rings. The zero-order valence-electron chi connectivity index (χ0n) is 27.9. The van der Waals surface area contributed by atoms with Crippen molar-refractivity contribution in [3.8, 4) is 0 Å². The van der Waals surface area contributed by atoms with Crippen LogP contribution in [0.1, 0.15) is 68.5 Å². The van der Waals surface area contributed by atoms with Crippen molar-refractivity contribution in [2.45, 2.75) is 141 Å². The van der Waals surface area contributed by atoms with Gasteiger partial charge in [0.05, 0.1) is 12.9 Å². The lowest BCUT2D eigenvalue weighted by Gasteiger charge is -2.44. The molecule has 0 aromatic carbocycles. The van der Waals surface area contributed by atoms with Crippen molar-refractivity contribution in [3.05, 3.63) is 21.4 Å². The summed E-state index contributed by atoms with van der Waals surface area (Å²) in [4.78, 5) is 24.3. The molecule has 0 radical (unpaired) electrons. The number of aromatic nitrogens is 4. The van der Waals surface area contributed by atoms with E-state index in [4.69, 9.17) is 18.0 Å². The summed E-state index contributed by atoms with van der Waals surface area (Å²) in [6.45, 7) is 34.1. The number of nitrogens with zero attached hydrogens (tertiary/aromatic N) is 3. The lowest BCUT2D eigenvalue weighted by Crippen LogP contribution is -2.54. The van der Waals surface area contributed by atoms with Crippen molar-refractivity contribution in [1.29, 1.82) is 0 Å². The van der Waals surface area contributed by atoms with Gasteiger partial charge < -0.3 is 23.0 Å². The molecule has 3 rings (SSSR count). The van der Waals surface area contributed by atoms with Crippen molar-refractivity contribution < 1.29 is 18.0 Å². The summed E-state index contributed by atoms with van der Waals surface area (Å²) < 4.78 is 30.4. The third-order valence-electron chi connectivity index (χ3n) is 9.87. The molecule has 0 spiro atoms. The van der Waals surface area contributed by atoms with E-state index in [0.717, 1.165) is 0 Å². The number of hydrogen-bond donors (Lipinski definition) is 1. The Morgan fingerprint density at radius 3 is 1.85 bits per heavy atom. The molecule has 9 nitrogen and oxygen atoms in total. The number of fused-ring (bicyclic) bond motifs is 1. The van der Waals surface area contributed by atoms with E-state index in [1.54, 1.807) is 0 Å². The first-order chi connectivity index (χ1) is 18.3. The summed E-state index contributed by atoms with van der Waals surface area (Å²) in [7, 11) is -6.68. The molecule has 2 aromatic rings. The molecule has 41 heavy (non-hydrogen) atoms. The first-order valence-electron chi connectivity index (χ1n) is 14.6. The largest absolute Gasteiger partial charge is 0.414 e. The van der Waals surface area contributed by atoms with Crippen molar-refractivity contribution in [1.82, 2.24) is 19.5 Å². The fourth-order valence-electron chi connectivity index (χ4n) is 3.98. The van der Waals surface area contributed by atoms with Crippen molar-refractivity contribution in [3.63, 3.8) is 0 Å². The number of nitrogens with one attached hydrogen (secondary N) is 1. The van der Waals surface area contributed by atoms with E-state index in [2.05, 4.69) is 132 Å². The van der Waals surface area contributed by atoms with Crippen LogP contribution in [0.3, 0.4) is 0 Å². The van der Waals surface area contributed by atoms with Crippen LogP contribution in [-0.2, 0) is 18.0 Å². The monoisotopic (exact) mass is 688 g/mol. The SMILES string of the molecule is CC(C)(C)[Si](C)(C)OC[C@H]1O[C@@H](n2c(Br)nc3c(=O)[nH]cnc32)[C@H](O[Si](C)(C)C(C)(C)C)[C@@H]1O[Si](C)(C)C(C)(C)C. The van der Waals surface area contributed by atoms with E-state index in [-0.39, 0.29) is 38.4 Å².